The highest BCUT2D eigenvalue weighted by molar-refractivity contribution is 14.0. The molecular weight excluding hydrogens is 459 g/mol. The molecule has 0 aromatic carbocycles. The topological polar surface area (TPSA) is 66.4 Å². The summed E-state index contributed by atoms with van der Waals surface area (Å²) in [5, 5.41) is 3.42. The minimum atomic E-state index is -0.0474. The summed E-state index contributed by atoms with van der Waals surface area (Å²) in [5.41, 5.74) is 0. The first kappa shape index (κ1) is 24.4. The van der Waals surface area contributed by atoms with E-state index in [4.69, 9.17) is 14.5 Å². The van der Waals surface area contributed by atoms with E-state index >= 15 is 0 Å². The fraction of sp³-hybridized carbons (Fsp3) is 0.895. The van der Waals surface area contributed by atoms with Crippen molar-refractivity contribution in [2.45, 2.75) is 45.6 Å². The van der Waals surface area contributed by atoms with Gasteiger partial charge in [-0.3, -0.25) is 14.7 Å². The first-order chi connectivity index (χ1) is 12.7. The molecule has 0 aromatic heterocycles. The number of esters is 1. The van der Waals surface area contributed by atoms with E-state index in [9.17, 15) is 4.79 Å². The number of hydrogen-bond acceptors (Lipinski definition) is 5. The molecular formula is C19H37IN4O3. The zero-order valence-electron chi connectivity index (χ0n) is 17.1. The van der Waals surface area contributed by atoms with Crippen LogP contribution < -0.4 is 5.32 Å². The SMILES string of the molecule is CCNC(=NCC1CCCN1CCOC)N1CCC(C(=O)OCC)CC1.I. The first-order valence-electron chi connectivity index (χ1n) is 10.1. The zero-order valence-corrected chi connectivity index (χ0v) is 19.4. The molecule has 7 nitrogen and oxygen atoms in total. The number of hydrogen-bond donors (Lipinski definition) is 1. The summed E-state index contributed by atoms with van der Waals surface area (Å²) in [6.07, 6.45) is 4.13. The van der Waals surface area contributed by atoms with Crippen molar-refractivity contribution < 1.29 is 14.3 Å². The van der Waals surface area contributed by atoms with Gasteiger partial charge in [-0.25, -0.2) is 0 Å². The Morgan fingerprint density at radius 1 is 1.19 bits per heavy atom. The van der Waals surface area contributed by atoms with Crippen LogP contribution in [0.25, 0.3) is 0 Å². The van der Waals surface area contributed by atoms with Crippen molar-refractivity contribution in [1.29, 1.82) is 0 Å². The van der Waals surface area contributed by atoms with Gasteiger partial charge in [-0.15, -0.1) is 24.0 Å². The Bertz CT molecular complexity index is 456. The van der Waals surface area contributed by atoms with Gasteiger partial charge >= 0.3 is 5.97 Å². The molecule has 0 bridgehead atoms. The molecule has 2 aliphatic rings. The second-order valence-corrected chi connectivity index (χ2v) is 7.03. The number of methoxy groups -OCH3 is 1. The van der Waals surface area contributed by atoms with Crippen molar-refractivity contribution in [2.24, 2.45) is 10.9 Å². The van der Waals surface area contributed by atoms with E-state index in [0.29, 0.717) is 12.6 Å². The molecule has 2 saturated heterocycles. The first-order valence-corrected chi connectivity index (χ1v) is 10.1. The Morgan fingerprint density at radius 2 is 1.93 bits per heavy atom. The molecule has 0 aliphatic carbocycles. The van der Waals surface area contributed by atoms with Crippen molar-refractivity contribution in [3.8, 4) is 0 Å². The van der Waals surface area contributed by atoms with E-state index in [2.05, 4.69) is 22.0 Å². The van der Waals surface area contributed by atoms with Crippen molar-refractivity contribution in [1.82, 2.24) is 15.1 Å². The Morgan fingerprint density at radius 3 is 2.56 bits per heavy atom. The van der Waals surface area contributed by atoms with Crippen LogP contribution in [0, 0.1) is 5.92 Å². The molecule has 0 aromatic rings. The van der Waals surface area contributed by atoms with E-state index in [0.717, 1.165) is 64.7 Å². The van der Waals surface area contributed by atoms with E-state index in [1.165, 1.54) is 12.8 Å². The Kier molecular flexibility index (Phi) is 12.3. The third-order valence-corrected chi connectivity index (χ3v) is 5.28. The number of aliphatic imine (C=N–C) groups is 1. The molecule has 0 radical (unpaired) electrons. The predicted molar refractivity (Wildman–Crippen MR) is 119 cm³/mol. The van der Waals surface area contributed by atoms with Gasteiger partial charge in [0.2, 0.25) is 0 Å². The second-order valence-electron chi connectivity index (χ2n) is 7.03. The maximum absolute atomic E-state index is 11.9. The van der Waals surface area contributed by atoms with Crippen LogP contribution in [0.4, 0.5) is 0 Å². The van der Waals surface area contributed by atoms with E-state index in [1.807, 2.05) is 6.92 Å². The molecule has 0 spiro atoms. The van der Waals surface area contributed by atoms with Crippen LogP contribution in [0.5, 0.6) is 0 Å². The molecule has 8 heteroatoms. The number of nitrogens with one attached hydrogen (secondary N) is 1. The van der Waals surface area contributed by atoms with Crippen LogP contribution in [0.3, 0.4) is 0 Å². The lowest BCUT2D eigenvalue weighted by Gasteiger charge is -2.33. The van der Waals surface area contributed by atoms with Gasteiger partial charge in [0, 0.05) is 39.3 Å². The van der Waals surface area contributed by atoms with E-state index in [-0.39, 0.29) is 35.9 Å². The van der Waals surface area contributed by atoms with Crippen molar-refractivity contribution in [3.63, 3.8) is 0 Å². The highest BCUT2D eigenvalue weighted by atomic mass is 127. The average Bonchev–Trinajstić information content (AvgIpc) is 3.11. The van der Waals surface area contributed by atoms with E-state index in [1.54, 1.807) is 7.11 Å². The van der Waals surface area contributed by atoms with Crippen LogP contribution in [0.1, 0.15) is 39.5 Å². The summed E-state index contributed by atoms with van der Waals surface area (Å²) in [6.45, 7) is 10.7. The van der Waals surface area contributed by atoms with Crippen molar-refractivity contribution in [3.05, 3.63) is 0 Å². The Labute approximate surface area is 181 Å². The summed E-state index contributed by atoms with van der Waals surface area (Å²) in [4.78, 5) is 21.6. The largest absolute Gasteiger partial charge is 0.466 e. The van der Waals surface area contributed by atoms with Gasteiger partial charge < -0.3 is 19.7 Å². The molecule has 1 unspecified atom stereocenters. The molecule has 1 N–H and O–H groups in total. The van der Waals surface area contributed by atoms with Gasteiger partial charge in [0.05, 0.1) is 25.7 Å². The lowest BCUT2D eigenvalue weighted by atomic mass is 9.97. The molecule has 0 amide bonds. The summed E-state index contributed by atoms with van der Waals surface area (Å²) in [5.74, 6) is 0.968. The second kappa shape index (κ2) is 13.5. The maximum Gasteiger partial charge on any atom is 0.309 e. The van der Waals surface area contributed by atoms with Crippen molar-refractivity contribution in [2.75, 3.05) is 59.6 Å². The number of carbonyl (C=O) groups excluding carboxylic acids is 1. The summed E-state index contributed by atoms with van der Waals surface area (Å²) < 4.78 is 10.4. The number of ether oxygens (including phenoxy) is 2. The van der Waals surface area contributed by atoms with Gasteiger partial charge in [-0.05, 0) is 46.1 Å². The average molecular weight is 496 g/mol. The normalized spacial score (nSPS) is 21.8. The van der Waals surface area contributed by atoms with Crippen LogP contribution in [-0.4, -0.2) is 87.4 Å². The molecule has 2 fully saturated rings. The number of rotatable bonds is 8. The van der Waals surface area contributed by atoms with Crippen molar-refractivity contribution >= 4 is 35.9 Å². The number of likely N-dealkylation sites (tertiary alicyclic amines) is 2. The molecule has 2 aliphatic heterocycles. The van der Waals surface area contributed by atoms with Crippen LogP contribution in [-0.2, 0) is 14.3 Å². The number of carbonyl (C=O) groups is 1. The van der Waals surface area contributed by atoms with Crippen LogP contribution >= 0.6 is 24.0 Å². The highest BCUT2D eigenvalue weighted by Crippen LogP contribution is 2.20. The summed E-state index contributed by atoms with van der Waals surface area (Å²) in [7, 11) is 1.76. The molecule has 2 rings (SSSR count). The third kappa shape index (κ3) is 7.73. The van der Waals surface area contributed by atoms with Crippen LogP contribution in [0.2, 0.25) is 0 Å². The molecule has 27 heavy (non-hydrogen) atoms. The highest BCUT2D eigenvalue weighted by Gasteiger charge is 2.28. The minimum absolute atomic E-state index is 0. The number of piperidine rings is 1. The lowest BCUT2D eigenvalue weighted by molar-refractivity contribution is -0.149. The molecule has 158 valence electrons. The summed E-state index contributed by atoms with van der Waals surface area (Å²) >= 11 is 0. The molecule has 1 atom stereocenters. The van der Waals surface area contributed by atoms with Gasteiger partial charge in [-0.1, -0.05) is 0 Å². The smallest absolute Gasteiger partial charge is 0.309 e. The fourth-order valence-electron chi connectivity index (χ4n) is 3.81. The Hall–Kier alpha value is -0.610. The third-order valence-electron chi connectivity index (χ3n) is 5.28. The number of nitrogens with zero attached hydrogens (tertiary/aromatic N) is 3. The van der Waals surface area contributed by atoms with E-state index < -0.39 is 0 Å². The summed E-state index contributed by atoms with van der Waals surface area (Å²) in [6, 6.07) is 0.510. The Balaban J connectivity index is 0.00000364. The lowest BCUT2D eigenvalue weighted by Crippen LogP contribution is -2.47. The maximum atomic E-state index is 11.9. The van der Waals surface area contributed by atoms with Gasteiger partial charge in [-0.2, -0.15) is 0 Å². The minimum Gasteiger partial charge on any atom is -0.466 e. The standard InChI is InChI=1S/C19H36N4O3.HI/c1-4-20-19(21-15-17-7-6-10-22(17)13-14-25-3)23-11-8-16(9-12-23)18(24)26-5-2;/h16-17H,4-15H2,1-3H3,(H,20,21);1H. The van der Waals surface area contributed by atoms with Gasteiger partial charge in [0.1, 0.15) is 0 Å². The molecule has 2 heterocycles. The predicted octanol–water partition coefficient (Wildman–Crippen LogP) is 1.96. The zero-order chi connectivity index (χ0) is 18.8. The fourth-order valence-corrected chi connectivity index (χ4v) is 3.81. The van der Waals surface area contributed by atoms with Gasteiger partial charge in [0.25, 0.3) is 0 Å². The van der Waals surface area contributed by atoms with Crippen LogP contribution in [0.15, 0.2) is 4.99 Å². The number of halogens is 1. The monoisotopic (exact) mass is 496 g/mol. The molecule has 0 saturated carbocycles. The number of guanidine groups is 1. The van der Waals surface area contributed by atoms with Gasteiger partial charge in [0.15, 0.2) is 5.96 Å². The quantitative estimate of drug-likeness (QED) is 0.240.